The van der Waals surface area contributed by atoms with E-state index in [1.54, 1.807) is 6.92 Å². The number of nitro benzene ring substituents is 1. The Balaban J connectivity index is 1.54. The highest BCUT2D eigenvalue weighted by Gasteiger charge is 2.24. The molecule has 1 atom stereocenters. The van der Waals surface area contributed by atoms with Crippen LogP contribution in [-0.4, -0.2) is 47.8 Å². The molecule has 1 aliphatic rings. The number of carbonyl (C=O) groups excluding carboxylic acids is 2. The number of likely N-dealkylation sites (tertiary alicyclic amines) is 1. The van der Waals surface area contributed by atoms with Crippen molar-refractivity contribution in [2.24, 2.45) is 0 Å². The van der Waals surface area contributed by atoms with Crippen molar-refractivity contribution in [1.29, 1.82) is 0 Å². The van der Waals surface area contributed by atoms with E-state index in [0.717, 1.165) is 31.5 Å². The predicted molar refractivity (Wildman–Crippen MR) is 113 cm³/mol. The summed E-state index contributed by atoms with van der Waals surface area (Å²) in [5.74, 6) is -0.718. The highest BCUT2D eigenvalue weighted by molar-refractivity contribution is 5.96. The molecule has 0 bridgehead atoms. The molecule has 0 spiro atoms. The van der Waals surface area contributed by atoms with Gasteiger partial charge >= 0.3 is 0 Å². The van der Waals surface area contributed by atoms with E-state index in [4.69, 9.17) is 0 Å². The first-order valence-electron chi connectivity index (χ1n) is 10.0. The van der Waals surface area contributed by atoms with E-state index in [-0.39, 0.29) is 29.7 Å². The van der Waals surface area contributed by atoms with Gasteiger partial charge in [-0.2, -0.15) is 0 Å². The zero-order chi connectivity index (χ0) is 21.5. The normalized spacial score (nSPS) is 14.8. The lowest BCUT2D eigenvalue weighted by Crippen LogP contribution is -2.41. The Morgan fingerprint density at radius 1 is 1.10 bits per heavy atom. The molecule has 0 saturated carbocycles. The summed E-state index contributed by atoms with van der Waals surface area (Å²) in [5.41, 5.74) is 1.79. The number of carbonyl (C=O) groups is 2. The number of hydrogen-bond donors (Lipinski definition) is 2. The Labute approximate surface area is 175 Å². The molecule has 2 N–H and O–H groups in total. The SMILES string of the molecule is Cc1cc(C(=O)NCC(=O)NCC(c2ccccc2)N2CCCC2)ccc1[N+](=O)[O-]. The largest absolute Gasteiger partial charge is 0.353 e. The van der Waals surface area contributed by atoms with E-state index in [9.17, 15) is 19.7 Å². The van der Waals surface area contributed by atoms with E-state index in [1.807, 2.05) is 18.2 Å². The van der Waals surface area contributed by atoms with Crippen LogP contribution in [0.3, 0.4) is 0 Å². The monoisotopic (exact) mass is 410 g/mol. The molecule has 30 heavy (non-hydrogen) atoms. The second-order valence-electron chi connectivity index (χ2n) is 7.41. The first kappa shape index (κ1) is 21.4. The minimum absolute atomic E-state index is 0.0434. The summed E-state index contributed by atoms with van der Waals surface area (Å²) >= 11 is 0. The zero-order valence-electron chi connectivity index (χ0n) is 17.0. The number of nitrogens with zero attached hydrogens (tertiary/aromatic N) is 2. The predicted octanol–water partition coefficient (Wildman–Crippen LogP) is 2.59. The maximum Gasteiger partial charge on any atom is 0.272 e. The minimum atomic E-state index is -0.492. The molecule has 1 heterocycles. The van der Waals surface area contributed by atoms with Gasteiger partial charge in [0.1, 0.15) is 0 Å². The summed E-state index contributed by atoms with van der Waals surface area (Å²) < 4.78 is 0. The lowest BCUT2D eigenvalue weighted by molar-refractivity contribution is -0.385. The Morgan fingerprint density at radius 3 is 2.43 bits per heavy atom. The fraction of sp³-hybridized carbons (Fsp3) is 0.364. The standard InChI is InChI=1S/C22H26N4O4/c1-16-13-18(9-10-19(16)26(29)30)22(28)24-15-21(27)23-14-20(25-11-5-6-12-25)17-7-3-2-4-8-17/h2-4,7-10,13,20H,5-6,11-12,14-15H2,1H3,(H,23,27)(H,24,28). The van der Waals surface area contributed by atoms with Gasteiger partial charge in [0.05, 0.1) is 17.5 Å². The third-order valence-corrected chi connectivity index (χ3v) is 5.32. The van der Waals surface area contributed by atoms with Crippen LogP contribution < -0.4 is 10.6 Å². The molecule has 0 radical (unpaired) electrons. The first-order chi connectivity index (χ1) is 14.5. The Bertz CT molecular complexity index is 911. The summed E-state index contributed by atoms with van der Waals surface area (Å²) in [6.07, 6.45) is 2.31. The van der Waals surface area contributed by atoms with Crippen molar-refractivity contribution in [3.8, 4) is 0 Å². The molecule has 3 rings (SSSR count). The van der Waals surface area contributed by atoms with Crippen molar-refractivity contribution in [2.75, 3.05) is 26.2 Å². The van der Waals surface area contributed by atoms with Crippen LogP contribution in [0.2, 0.25) is 0 Å². The van der Waals surface area contributed by atoms with Gasteiger partial charge in [0, 0.05) is 23.7 Å². The molecule has 0 aliphatic carbocycles. The Hall–Kier alpha value is -3.26. The molecule has 158 valence electrons. The highest BCUT2D eigenvalue weighted by Crippen LogP contribution is 2.24. The summed E-state index contributed by atoms with van der Waals surface area (Å²) in [6.45, 7) is 3.90. The van der Waals surface area contributed by atoms with Crippen LogP contribution in [0.1, 0.15) is 40.4 Å². The van der Waals surface area contributed by atoms with E-state index in [0.29, 0.717) is 12.1 Å². The van der Waals surface area contributed by atoms with Gasteiger partial charge in [0.2, 0.25) is 5.91 Å². The van der Waals surface area contributed by atoms with Gasteiger partial charge in [0.25, 0.3) is 11.6 Å². The van der Waals surface area contributed by atoms with Crippen LogP contribution in [-0.2, 0) is 4.79 Å². The summed E-state index contributed by atoms with van der Waals surface area (Å²) in [5, 5.41) is 16.4. The molecule has 1 aliphatic heterocycles. The van der Waals surface area contributed by atoms with Crippen LogP contribution in [0.5, 0.6) is 0 Å². The van der Waals surface area contributed by atoms with E-state index in [2.05, 4.69) is 27.7 Å². The lowest BCUT2D eigenvalue weighted by atomic mass is 10.1. The fourth-order valence-electron chi connectivity index (χ4n) is 3.72. The average molecular weight is 410 g/mol. The third-order valence-electron chi connectivity index (χ3n) is 5.32. The number of nitrogens with one attached hydrogen (secondary N) is 2. The van der Waals surface area contributed by atoms with Crippen molar-refractivity contribution in [2.45, 2.75) is 25.8 Å². The van der Waals surface area contributed by atoms with Crippen molar-refractivity contribution in [3.63, 3.8) is 0 Å². The minimum Gasteiger partial charge on any atom is -0.353 e. The van der Waals surface area contributed by atoms with Crippen LogP contribution in [0, 0.1) is 17.0 Å². The van der Waals surface area contributed by atoms with Crippen molar-refractivity contribution in [3.05, 3.63) is 75.3 Å². The van der Waals surface area contributed by atoms with Gasteiger partial charge in [-0.1, -0.05) is 30.3 Å². The summed E-state index contributed by atoms with van der Waals surface area (Å²) in [6, 6.07) is 14.3. The fourth-order valence-corrected chi connectivity index (χ4v) is 3.72. The number of hydrogen-bond acceptors (Lipinski definition) is 5. The van der Waals surface area contributed by atoms with Crippen molar-refractivity contribution in [1.82, 2.24) is 15.5 Å². The highest BCUT2D eigenvalue weighted by atomic mass is 16.6. The van der Waals surface area contributed by atoms with Crippen LogP contribution in [0.25, 0.3) is 0 Å². The molecular formula is C22H26N4O4. The summed E-state index contributed by atoms with van der Waals surface area (Å²) in [7, 11) is 0. The maximum atomic E-state index is 12.3. The number of aryl methyl sites for hydroxylation is 1. The Morgan fingerprint density at radius 2 is 1.80 bits per heavy atom. The molecular weight excluding hydrogens is 384 g/mol. The van der Waals surface area contributed by atoms with Gasteiger partial charge in [-0.3, -0.25) is 24.6 Å². The molecule has 8 heteroatoms. The van der Waals surface area contributed by atoms with Gasteiger partial charge in [-0.25, -0.2) is 0 Å². The molecule has 1 saturated heterocycles. The number of amides is 2. The van der Waals surface area contributed by atoms with Crippen molar-refractivity contribution < 1.29 is 14.5 Å². The zero-order valence-corrected chi connectivity index (χ0v) is 17.0. The number of rotatable bonds is 8. The molecule has 0 aromatic heterocycles. The Kier molecular flexibility index (Phi) is 7.13. The number of nitro groups is 1. The van der Waals surface area contributed by atoms with E-state index >= 15 is 0 Å². The van der Waals surface area contributed by atoms with Crippen molar-refractivity contribution >= 4 is 17.5 Å². The van der Waals surface area contributed by atoms with E-state index < -0.39 is 10.8 Å². The van der Waals surface area contributed by atoms with Gasteiger partial charge < -0.3 is 10.6 Å². The van der Waals surface area contributed by atoms with E-state index in [1.165, 1.54) is 18.2 Å². The average Bonchev–Trinajstić information content (AvgIpc) is 3.27. The topological polar surface area (TPSA) is 105 Å². The second kappa shape index (κ2) is 9.98. The lowest BCUT2D eigenvalue weighted by Gasteiger charge is -2.28. The molecule has 8 nitrogen and oxygen atoms in total. The van der Waals surface area contributed by atoms with Crippen LogP contribution in [0.4, 0.5) is 5.69 Å². The maximum absolute atomic E-state index is 12.3. The van der Waals surface area contributed by atoms with Gasteiger partial charge in [-0.15, -0.1) is 0 Å². The summed E-state index contributed by atoms with van der Waals surface area (Å²) in [4.78, 5) is 37.4. The molecule has 1 unspecified atom stereocenters. The smallest absolute Gasteiger partial charge is 0.272 e. The molecule has 2 aromatic rings. The second-order valence-corrected chi connectivity index (χ2v) is 7.41. The number of benzene rings is 2. The quantitative estimate of drug-likeness (QED) is 0.514. The van der Waals surface area contributed by atoms with Gasteiger partial charge in [-0.05, 0) is 50.6 Å². The van der Waals surface area contributed by atoms with Crippen LogP contribution >= 0.6 is 0 Å². The molecule has 1 fully saturated rings. The van der Waals surface area contributed by atoms with Crippen LogP contribution in [0.15, 0.2) is 48.5 Å². The third kappa shape index (κ3) is 5.42. The molecule has 2 amide bonds. The van der Waals surface area contributed by atoms with Gasteiger partial charge in [0.15, 0.2) is 0 Å². The molecule has 2 aromatic carbocycles. The first-order valence-corrected chi connectivity index (χ1v) is 10.0.